The molecule has 0 unspecified atom stereocenters. The molecule has 1 N–H and O–H groups in total. The molecule has 0 atom stereocenters. The van der Waals surface area contributed by atoms with Crippen LogP contribution in [0, 0.1) is 5.82 Å². The van der Waals surface area contributed by atoms with Gasteiger partial charge in [-0.25, -0.2) is 9.18 Å². The van der Waals surface area contributed by atoms with Gasteiger partial charge in [0.15, 0.2) is 0 Å². The number of carboxylic acid groups (broad SMARTS) is 1. The maximum Gasteiger partial charge on any atom is 0.336 e. The van der Waals surface area contributed by atoms with Gasteiger partial charge in [-0.15, -0.1) is 0 Å². The first-order chi connectivity index (χ1) is 6.50. The maximum absolute atomic E-state index is 12.8. The summed E-state index contributed by atoms with van der Waals surface area (Å²) in [6, 6.07) is 3.81. The van der Waals surface area contributed by atoms with Crippen molar-refractivity contribution in [2.45, 2.75) is 6.54 Å². The number of hydrogen-bond acceptors (Lipinski definition) is 2. The Morgan fingerprint density at radius 2 is 2.14 bits per heavy atom. The van der Waals surface area contributed by atoms with Gasteiger partial charge in [-0.05, 0) is 31.8 Å². The van der Waals surface area contributed by atoms with Crippen molar-refractivity contribution in [1.82, 2.24) is 4.90 Å². The topological polar surface area (TPSA) is 40.5 Å². The van der Waals surface area contributed by atoms with Crippen molar-refractivity contribution in [3.05, 3.63) is 35.1 Å². The fraction of sp³-hybridized carbons (Fsp3) is 0.300. The second-order valence-corrected chi connectivity index (χ2v) is 3.34. The summed E-state index contributed by atoms with van der Waals surface area (Å²) in [4.78, 5) is 12.6. The number of carboxylic acids is 1. The van der Waals surface area contributed by atoms with Gasteiger partial charge < -0.3 is 10.0 Å². The van der Waals surface area contributed by atoms with Crippen LogP contribution in [0.15, 0.2) is 18.2 Å². The summed E-state index contributed by atoms with van der Waals surface area (Å²) in [5.41, 5.74) is 0.641. The van der Waals surface area contributed by atoms with Crippen LogP contribution in [-0.2, 0) is 6.54 Å². The number of rotatable bonds is 3. The van der Waals surface area contributed by atoms with E-state index in [1.165, 1.54) is 12.1 Å². The van der Waals surface area contributed by atoms with E-state index < -0.39 is 11.8 Å². The quantitative estimate of drug-likeness (QED) is 0.799. The molecule has 0 radical (unpaired) electrons. The van der Waals surface area contributed by atoms with E-state index in [4.69, 9.17) is 5.11 Å². The molecule has 3 nitrogen and oxygen atoms in total. The standard InChI is InChI=1S/C10H12FNO2/c1-12(2)6-7-3-4-8(11)5-9(7)10(13)14/h3-5H,6H2,1-2H3,(H,13,14). The Hall–Kier alpha value is -1.42. The molecule has 0 spiro atoms. The molecule has 76 valence electrons. The molecule has 1 rings (SSSR count). The lowest BCUT2D eigenvalue weighted by Gasteiger charge is -2.11. The molecule has 1 aromatic rings. The lowest BCUT2D eigenvalue weighted by Crippen LogP contribution is -2.14. The van der Waals surface area contributed by atoms with E-state index in [9.17, 15) is 9.18 Å². The van der Waals surface area contributed by atoms with Gasteiger partial charge >= 0.3 is 5.97 Å². The zero-order valence-electron chi connectivity index (χ0n) is 8.12. The predicted molar refractivity (Wildman–Crippen MR) is 50.8 cm³/mol. The van der Waals surface area contributed by atoms with Gasteiger partial charge in [-0.2, -0.15) is 0 Å². The van der Waals surface area contributed by atoms with Crippen LogP contribution in [0.25, 0.3) is 0 Å². The lowest BCUT2D eigenvalue weighted by atomic mass is 10.1. The molecule has 1 aromatic carbocycles. The molecule has 4 heteroatoms. The van der Waals surface area contributed by atoms with Gasteiger partial charge in [0.2, 0.25) is 0 Å². The molecule has 14 heavy (non-hydrogen) atoms. The molecule has 0 aliphatic rings. The zero-order chi connectivity index (χ0) is 10.7. The van der Waals surface area contributed by atoms with E-state index in [0.29, 0.717) is 12.1 Å². The van der Waals surface area contributed by atoms with E-state index in [-0.39, 0.29) is 5.56 Å². The molecule has 0 aromatic heterocycles. The normalized spacial score (nSPS) is 10.6. The maximum atomic E-state index is 12.8. The molecule has 0 aliphatic carbocycles. The molecular weight excluding hydrogens is 185 g/mol. The van der Waals surface area contributed by atoms with Crippen molar-refractivity contribution in [3.8, 4) is 0 Å². The van der Waals surface area contributed by atoms with Gasteiger partial charge in [-0.3, -0.25) is 0 Å². The summed E-state index contributed by atoms with van der Waals surface area (Å²) in [7, 11) is 3.66. The molecule has 0 aliphatic heterocycles. The second kappa shape index (κ2) is 4.19. The summed E-state index contributed by atoms with van der Waals surface area (Å²) in [5, 5.41) is 8.82. The van der Waals surface area contributed by atoms with Crippen LogP contribution >= 0.6 is 0 Å². The number of aromatic carboxylic acids is 1. The number of benzene rings is 1. The van der Waals surface area contributed by atoms with Crippen LogP contribution in [-0.4, -0.2) is 30.1 Å². The average molecular weight is 197 g/mol. The van der Waals surface area contributed by atoms with Gasteiger partial charge in [-0.1, -0.05) is 6.07 Å². The first-order valence-electron chi connectivity index (χ1n) is 4.17. The highest BCUT2D eigenvalue weighted by Crippen LogP contribution is 2.12. The molecule has 0 bridgehead atoms. The fourth-order valence-corrected chi connectivity index (χ4v) is 1.23. The Morgan fingerprint density at radius 1 is 1.50 bits per heavy atom. The minimum atomic E-state index is -1.10. The highest BCUT2D eigenvalue weighted by molar-refractivity contribution is 5.89. The van der Waals surface area contributed by atoms with E-state index in [0.717, 1.165) is 6.07 Å². The first-order valence-corrected chi connectivity index (χ1v) is 4.17. The predicted octanol–water partition coefficient (Wildman–Crippen LogP) is 1.59. The SMILES string of the molecule is CN(C)Cc1ccc(F)cc1C(=O)O. The third-order valence-corrected chi connectivity index (χ3v) is 1.79. The van der Waals surface area contributed by atoms with Crippen molar-refractivity contribution in [2.75, 3.05) is 14.1 Å². The molecule has 0 fully saturated rings. The summed E-state index contributed by atoms with van der Waals surface area (Å²) in [5.74, 6) is -1.62. The largest absolute Gasteiger partial charge is 0.478 e. The zero-order valence-corrected chi connectivity index (χ0v) is 8.12. The molecule has 0 amide bonds. The fourth-order valence-electron chi connectivity index (χ4n) is 1.23. The Morgan fingerprint density at radius 3 is 2.64 bits per heavy atom. The third kappa shape index (κ3) is 2.53. The Balaban J connectivity index is 3.08. The number of halogens is 1. The minimum absolute atomic E-state index is 0.0266. The van der Waals surface area contributed by atoms with Crippen LogP contribution in [0.2, 0.25) is 0 Å². The van der Waals surface area contributed by atoms with Gasteiger partial charge in [0.25, 0.3) is 0 Å². The van der Waals surface area contributed by atoms with E-state index in [1.54, 1.807) is 0 Å². The third-order valence-electron chi connectivity index (χ3n) is 1.79. The van der Waals surface area contributed by atoms with Crippen molar-refractivity contribution in [1.29, 1.82) is 0 Å². The number of carbonyl (C=O) groups is 1. The summed E-state index contributed by atoms with van der Waals surface area (Å²) in [6.45, 7) is 0.488. The van der Waals surface area contributed by atoms with Crippen molar-refractivity contribution in [2.24, 2.45) is 0 Å². The van der Waals surface area contributed by atoms with Crippen LogP contribution in [0.5, 0.6) is 0 Å². The Kier molecular flexibility index (Phi) is 3.19. The highest BCUT2D eigenvalue weighted by Gasteiger charge is 2.11. The van der Waals surface area contributed by atoms with Gasteiger partial charge in [0.1, 0.15) is 5.82 Å². The van der Waals surface area contributed by atoms with E-state index >= 15 is 0 Å². The summed E-state index contributed by atoms with van der Waals surface area (Å²) in [6.07, 6.45) is 0. The minimum Gasteiger partial charge on any atom is -0.478 e. The summed E-state index contributed by atoms with van der Waals surface area (Å²) < 4.78 is 12.8. The second-order valence-electron chi connectivity index (χ2n) is 3.34. The van der Waals surface area contributed by atoms with Crippen LogP contribution in [0.1, 0.15) is 15.9 Å². The monoisotopic (exact) mass is 197 g/mol. The smallest absolute Gasteiger partial charge is 0.336 e. The van der Waals surface area contributed by atoms with Crippen molar-refractivity contribution in [3.63, 3.8) is 0 Å². The Bertz CT molecular complexity index is 350. The van der Waals surface area contributed by atoms with Crippen LogP contribution in [0.3, 0.4) is 0 Å². The Labute approximate surface area is 81.8 Å². The lowest BCUT2D eigenvalue weighted by molar-refractivity contribution is 0.0694. The van der Waals surface area contributed by atoms with Crippen LogP contribution < -0.4 is 0 Å². The summed E-state index contributed by atoms with van der Waals surface area (Å²) >= 11 is 0. The molecule has 0 saturated heterocycles. The van der Waals surface area contributed by atoms with Crippen molar-refractivity contribution < 1.29 is 14.3 Å². The van der Waals surface area contributed by atoms with E-state index in [1.807, 2.05) is 19.0 Å². The number of nitrogens with zero attached hydrogens (tertiary/aromatic N) is 1. The average Bonchev–Trinajstić information content (AvgIpc) is 2.07. The van der Waals surface area contributed by atoms with Crippen LogP contribution in [0.4, 0.5) is 4.39 Å². The van der Waals surface area contributed by atoms with Gasteiger partial charge in [0.05, 0.1) is 5.56 Å². The number of hydrogen-bond donors (Lipinski definition) is 1. The van der Waals surface area contributed by atoms with Gasteiger partial charge in [0, 0.05) is 6.54 Å². The molecular formula is C10H12FNO2. The first kappa shape index (κ1) is 10.7. The molecule has 0 saturated carbocycles. The van der Waals surface area contributed by atoms with E-state index in [2.05, 4.69) is 0 Å². The molecule has 0 heterocycles. The highest BCUT2D eigenvalue weighted by atomic mass is 19.1. The van der Waals surface area contributed by atoms with Crippen molar-refractivity contribution >= 4 is 5.97 Å².